The zero-order chi connectivity index (χ0) is 10.6. The Morgan fingerprint density at radius 1 is 1.64 bits per heavy atom. The molecule has 0 aliphatic rings. The van der Waals surface area contributed by atoms with Crippen molar-refractivity contribution in [2.45, 2.75) is 0 Å². The number of carbonyl (C=O) groups excluding carboxylic acids is 1. The first-order valence-electron chi connectivity index (χ1n) is 3.80. The van der Waals surface area contributed by atoms with Crippen LogP contribution in [0.4, 0.5) is 5.69 Å². The predicted molar refractivity (Wildman–Crippen MR) is 55.0 cm³/mol. The molecule has 0 aromatic heterocycles. The van der Waals surface area contributed by atoms with Gasteiger partial charge in [0.1, 0.15) is 0 Å². The topological polar surface area (TPSA) is 52.9 Å². The number of nitrogens with zero attached hydrogens (tertiary/aromatic N) is 1. The van der Waals surface area contributed by atoms with Gasteiger partial charge in [-0.3, -0.25) is 4.79 Å². The number of hydrogen-bond acceptors (Lipinski definition) is 2. The van der Waals surface area contributed by atoms with Crippen LogP contribution in [-0.2, 0) is 4.79 Å². The molecule has 0 atom stereocenters. The maximum atomic E-state index is 11.0. The summed E-state index contributed by atoms with van der Waals surface area (Å²) in [5.41, 5.74) is 0.851. The molecule has 14 heavy (non-hydrogen) atoms. The summed E-state index contributed by atoms with van der Waals surface area (Å²) in [6.07, 6.45) is 1.13. The van der Waals surface area contributed by atoms with Gasteiger partial charge in [-0.2, -0.15) is 5.26 Å². The molecule has 0 aliphatic carbocycles. The van der Waals surface area contributed by atoms with Gasteiger partial charge in [0.25, 0.3) is 0 Å². The van der Waals surface area contributed by atoms with Crippen molar-refractivity contribution in [1.82, 2.24) is 0 Å². The lowest BCUT2D eigenvalue weighted by atomic mass is 10.2. The Morgan fingerprint density at radius 2 is 2.36 bits per heavy atom. The Morgan fingerprint density at radius 3 is 2.93 bits per heavy atom. The highest BCUT2D eigenvalue weighted by atomic mass is 35.5. The fourth-order valence-electron chi connectivity index (χ4n) is 0.874. The first kappa shape index (κ1) is 10.3. The molecule has 1 amide bonds. The highest BCUT2D eigenvalue weighted by Crippen LogP contribution is 2.22. The molecular formula is C10H7ClN2O. The second-order valence-corrected chi connectivity index (χ2v) is 2.91. The number of halogens is 1. The van der Waals surface area contributed by atoms with E-state index in [4.69, 9.17) is 16.9 Å². The largest absolute Gasteiger partial charge is 0.321 e. The number of carbonyl (C=O) groups is 1. The minimum atomic E-state index is -0.359. The second-order valence-electron chi connectivity index (χ2n) is 2.50. The van der Waals surface area contributed by atoms with Crippen molar-refractivity contribution in [3.63, 3.8) is 0 Å². The Balaban J connectivity index is 3.02. The standard InChI is InChI=1S/C10H7ClN2O/c1-2-10(14)13-9-5-7(6-12)3-4-8(9)11/h2-5H,1H2,(H,13,14). The van der Waals surface area contributed by atoms with E-state index >= 15 is 0 Å². The Bertz CT molecular complexity index is 421. The minimum Gasteiger partial charge on any atom is -0.321 e. The molecule has 0 radical (unpaired) electrons. The molecule has 1 rings (SSSR count). The smallest absolute Gasteiger partial charge is 0.247 e. The number of amides is 1. The van der Waals surface area contributed by atoms with Gasteiger partial charge < -0.3 is 5.32 Å². The third-order valence-electron chi connectivity index (χ3n) is 1.54. The molecular weight excluding hydrogens is 200 g/mol. The van der Waals surface area contributed by atoms with Crippen LogP contribution in [0.25, 0.3) is 0 Å². The average Bonchev–Trinajstić information content (AvgIpc) is 2.21. The van der Waals surface area contributed by atoms with E-state index < -0.39 is 0 Å². The number of hydrogen-bond donors (Lipinski definition) is 1. The van der Waals surface area contributed by atoms with E-state index in [1.807, 2.05) is 6.07 Å². The Hall–Kier alpha value is -1.79. The van der Waals surface area contributed by atoms with Crippen molar-refractivity contribution in [2.24, 2.45) is 0 Å². The first-order valence-corrected chi connectivity index (χ1v) is 4.18. The number of nitriles is 1. The summed E-state index contributed by atoms with van der Waals surface area (Å²) in [6, 6.07) is 6.58. The van der Waals surface area contributed by atoms with Crippen LogP contribution in [0.2, 0.25) is 5.02 Å². The van der Waals surface area contributed by atoms with E-state index in [0.29, 0.717) is 16.3 Å². The summed E-state index contributed by atoms with van der Waals surface area (Å²) in [4.78, 5) is 11.0. The maximum absolute atomic E-state index is 11.0. The van der Waals surface area contributed by atoms with Crippen LogP contribution in [0, 0.1) is 11.3 Å². The maximum Gasteiger partial charge on any atom is 0.247 e. The molecule has 1 aromatic carbocycles. The molecule has 0 aliphatic heterocycles. The Kier molecular flexibility index (Phi) is 3.27. The van der Waals surface area contributed by atoms with Gasteiger partial charge in [0, 0.05) is 0 Å². The van der Waals surface area contributed by atoms with E-state index in [1.165, 1.54) is 6.07 Å². The van der Waals surface area contributed by atoms with Crippen LogP contribution in [0.3, 0.4) is 0 Å². The summed E-state index contributed by atoms with van der Waals surface area (Å²) in [7, 11) is 0. The van der Waals surface area contributed by atoms with Crippen LogP contribution >= 0.6 is 11.6 Å². The first-order chi connectivity index (χ1) is 6.67. The highest BCUT2D eigenvalue weighted by molar-refractivity contribution is 6.33. The fourth-order valence-corrected chi connectivity index (χ4v) is 1.04. The lowest BCUT2D eigenvalue weighted by Crippen LogP contribution is -2.07. The zero-order valence-corrected chi connectivity index (χ0v) is 8.01. The molecule has 0 unspecified atom stereocenters. The van der Waals surface area contributed by atoms with Crippen LogP contribution < -0.4 is 5.32 Å². The molecule has 0 saturated carbocycles. The van der Waals surface area contributed by atoms with Crippen LogP contribution in [0.15, 0.2) is 30.9 Å². The van der Waals surface area contributed by atoms with Gasteiger partial charge in [-0.1, -0.05) is 18.2 Å². The van der Waals surface area contributed by atoms with Crippen molar-refractivity contribution in [1.29, 1.82) is 5.26 Å². The molecule has 3 nitrogen and oxygen atoms in total. The summed E-state index contributed by atoms with van der Waals surface area (Å²) < 4.78 is 0. The van der Waals surface area contributed by atoms with Gasteiger partial charge in [-0.05, 0) is 24.3 Å². The van der Waals surface area contributed by atoms with Crippen LogP contribution in [-0.4, -0.2) is 5.91 Å². The molecule has 4 heteroatoms. The Labute approximate surface area is 86.6 Å². The number of rotatable bonds is 2. The average molecular weight is 207 g/mol. The summed E-state index contributed by atoms with van der Waals surface area (Å²) >= 11 is 5.80. The van der Waals surface area contributed by atoms with Crippen LogP contribution in [0.5, 0.6) is 0 Å². The highest BCUT2D eigenvalue weighted by Gasteiger charge is 2.03. The van der Waals surface area contributed by atoms with E-state index in [9.17, 15) is 4.79 Å². The van der Waals surface area contributed by atoms with Crippen molar-refractivity contribution < 1.29 is 4.79 Å². The lowest BCUT2D eigenvalue weighted by Gasteiger charge is -2.04. The normalized spacial score (nSPS) is 8.86. The van der Waals surface area contributed by atoms with Gasteiger partial charge in [0.05, 0.1) is 22.3 Å². The molecule has 1 aromatic rings. The minimum absolute atomic E-state index is 0.359. The molecule has 70 valence electrons. The summed E-state index contributed by atoms with van der Waals surface area (Å²) in [5.74, 6) is -0.359. The predicted octanol–water partition coefficient (Wildman–Crippen LogP) is 2.34. The summed E-state index contributed by atoms with van der Waals surface area (Å²) in [6.45, 7) is 3.31. The molecule has 0 heterocycles. The van der Waals surface area contributed by atoms with E-state index in [2.05, 4.69) is 11.9 Å². The van der Waals surface area contributed by atoms with Gasteiger partial charge in [-0.15, -0.1) is 0 Å². The molecule has 0 spiro atoms. The summed E-state index contributed by atoms with van der Waals surface area (Å²) in [5, 5.41) is 11.5. The van der Waals surface area contributed by atoms with E-state index in [-0.39, 0.29) is 5.91 Å². The van der Waals surface area contributed by atoms with Crippen molar-refractivity contribution in [3.8, 4) is 6.07 Å². The van der Waals surface area contributed by atoms with Gasteiger partial charge in [0.2, 0.25) is 5.91 Å². The van der Waals surface area contributed by atoms with Gasteiger partial charge >= 0.3 is 0 Å². The second kappa shape index (κ2) is 4.45. The lowest BCUT2D eigenvalue weighted by molar-refractivity contribution is -0.111. The van der Waals surface area contributed by atoms with Crippen molar-refractivity contribution in [2.75, 3.05) is 5.32 Å². The number of anilines is 1. The van der Waals surface area contributed by atoms with Crippen molar-refractivity contribution in [3.05, 3.63) is 41.4 Å². The fraction of sp³-hybridized carbons (Fsp3) is 0. The monoisotopic (exact) mass is 206 g/mol. The van der Waals surface area contributed by atoms with Crippen LogP contribution in [0.1, 0.15) is 5.56 Å². The third-order valence-corrected chi connectivity index (χ3v) is 1.87. The molecule has 0 bridgehead atoms. The van der Waals surface area contributed by atoms with E-state index in [0.717, 1.165) is 6.08 Å². The number of benzene rings is 1. The van der Waals surface area contributed by atoms with Crippen molar-refractivity contribution >= 4 is 23.2 Å². The molecule has 0 fully saturated rings. The molecule has 0 saturated heterocycles. The number of nitrogens with one attached hydrogen (secondary N) is 1. The van der Waals surface area contributed by atoms with Gasteiger partial charge in [0.15, 0.2) is 0 Å². The molecule has 1 N–H and O–H groups in total. The zero-order valence-electron chi connectivity index (χ0n) is 7.25. The quantitative estimate of drug-likeness (QED) is 0.756. The van der Waals surface area contributed by atoms with Gasteiger partial charge in [-0.25, -0.2) is 0 Å². The van der Waals surface area contributed by atoms with E-state index in [1.54, 1.807) is 12.1 Å². The SMILES string of the molecule is C=CC(=O)Nc1cc(C#N)ccc1Cl. The third kappa shape index (κ3) is 2.35.